The predicted octanol–water partition coefficient (Wildman–Crippen LogP) is 2.92. The third-order valence-electron chi connectivity index (χ3n) is 3.31. The van der Waals surface area contributed by atoms with Crippen molar-refractivity contribution < 1.29 is 5.11 Å². The number of nitrogens with one attached hydrogen (secondary N) is 2. The standard InChI is InChI=1S/C15H16N2O/c1-9-7-10(2)16-14(9)8-12-11-5-3-4-6-13(11)17-15(12)18/h3-8,15-18H,1-2H3/b12-8-. The molecule has 0 fully saturated rings. The van der Waals surface area contributed by atoms with Gasteiger partial charge in [0.25, 0.3) is 0 Å². The first-order valence-corrected chi connectivity index (χ1v) is 6.07. The number of para-hydroxylation sites is 1. The average molecular weight is 240 g/mol. The second-order valence-corrected chi connectivity index (χ2v) is 4.74. The highest BCUT2D eigenvalue weighted by Crippen LogP contribution is 2.35. The number of benzene rings is 1. The van der Waals surface area contributed by atoms with E-state index in [0.29, 0.717) is 0 Å². The summed E-state index contributed by atoms with van der Waals surface area (Å²) in [5.41, 5.74) is 6.34. The van der Waals surface area contributed by atoms with Crippen molar-refractivity contribution in [2.45, 2.75) is 20.1 Å². The lowest BCUT2D eigenvalue weighted by atomic mass is 10.0. The number of aliphatic hydroxyl groups excluding tert-OH is 1. The molecular weight excluding hydrogens is 224 g/mol. The van der Waals surface area contributed by atoms with E-state index in [2.05, 4.69) is 23.3 Å². The van der Waals surface area contributed by atoms with Crippen molar-refractivity contribution in [3.05, 3.63) is 52.8 Å². The highest BCUT2D eigenvalue weighted by Gasteiger charge is 2.23. The van der Waals surface area contributed by atoms with E-state index in [4.69, 9.17) is 0 Å². The molecule has 18 heavy (non-hydrogen) atoms. The molecule has 3 heteroatoms. The second-order valence-electron chi connectivity index (χ2n) is 4.74. The number of hydrogen-bond acceptors (Lipinski definition) is 2. The molecule has 2 aromatic rings. The number of aromatic nitrogens is 1. The van der Waals surface area contributed by atoms with E-state index < -0.39 is 6.23 Å². The predicted molar refractivity (Wildman–Crippen MR) is 74.2 cm³/mol. The van der Waals surface area contributed by atoms with Crippen molar-refractivity contribution in [2.75, 3.05) is 5.32 Å². The monoisotopic (exact) mass is 240 g/mol. The molecule has 1 aromatic carbocycles. The Hall–Kier alpha value is -2.00. The summed E-state index contributed by atoms with van der Waals surface area (Å²) in [5, 5.41) is 13.1. The van der Waals surface area contributed by atoms with Gasteiger partial charge in [-0.15, -0.1) is 0 Å². The van der Waals surface area contributed by atoms with Crippen molar-refractivity contribution >= 4 is 17.3 Å². The molecule has 3 rings (SSSR count). The molecule has 0 bridgehead atoms. The zero-order valence-electron chi connectivity index (χ0n) is 10.5. The maximum atomic E-state index is 10.1. The Kier molecular flexibility index (Phi) is 2.49. The lowest BCUT2D eigenvalue weighted by molar-refractivity contribution is 0.266. The molecular formula is C15H16N2O. The zero-order valence-corrected chi connectivity index (χ0v) is 10.5. The molecule has 0 amide bonds. The fourth-order valence-electron chi connectivity index (χ4n) is 2.44. The van der Waals surface area contributed by atoms with Crippen LogP contribution in [0.15, 0.2) is 30.3 Å². The summed E-state index contributed by atoms with van der Waals surface area (Å²) in [7, 11) is 0. The Bertz CT molecular complexity index is 625. The molecule has 0 saturated carbocycles. The first kappa shape index (κ1) is 11.1. The molecule has 1 unspecified atom stereocenters. The summed E-state index contributed by atoms with van der Waals surface area (Å²) in [6, 6.07) is 10.1. The van der Waals surface area contributed by atoms with Crippen molar-refractivity contribution in [2.24, 2.45) is 0 Å². The largest absolute Gasteiger partial charge is 0.369 e. The van der Waals surface area contributed by atoms with Gasteiger partial charge in [-0.2, -0.15) is 0 Å². The van der Waals surface area contributed by atoms with Crippen molar-refractivity contribution in [1.82, 2.24) is 4.98 Å². The Labute approximate surface area is 106 Å². The number of aryl methyl sites for hydroxylation is 2. The zero-order chi connectivity index (χ0) is 12.7. The van der Waals surface area contributed by atoms with Gasteiger partial charge in [0.15, 0.2) is 6.23 Å². The summed E-state index contributed by atoms with van der Waals surface area (Å²) < 4.78 is 0. The molecule has 1 aliphatic heterocycles. The van der Waals surface area contributed by atoms with E-state index in [9.17, 15) is 5.11 Å². The number of anilines is 1. The highest BCUT2D eigenvalue weighted by molar-refractivity contribution is 5.93. The van der Waals surface area contributed by atoms with Crippen LogP contribution in [0.25, 0.3) is 11.6 Å². The smallest absolute Gasteiger partial charge is 0.151 e. The minimum Gasteiger partial charge on any atom is -0.369 e. The van der Waals surface area contributed by atoms with Crippen LogP contribution in [0.3, 0.4) is 0 Å². The molecule has 3 N–H and O–H groups in total. The Morgan fingerprint density at radius 1 is 1.22 bits per heavy atom. The number of aliphatic hydroxyl groups is 1. The summed E-state index contributed by atoms with van der Waals surface area (Å²) >= 11 is 0. The molecule has 0 aliphatic carbocycles. The fourth-order valence-corrected chi connectivity index (χ4v) is 2.44. The number of aromatic amines is 1. The van der Waals surface area contributed by atoms with Crippen LogP contribution in [-0.4, -0.2) is 16.3 Å². The fraction of sp³-hybridized carbons (Fsp3) is 0.200. The van der Waals surface area contributed by atoms with Crippen LogP contribution in [0.2, 0.25) is 0 Å². The number of H-pyrrole nitrogens is 1. The minimum atomic E-state index is -0.634. The van der Waals surface area contributed by atoms with Gasteiger partial charge in [0.2, 0.25) is 0 Å². The van der Waals surface area contributed by atoms with Crippen molar-refractivity contribution in [1.29, 1.82) is 0 Å². The van der Waals surface area contributed by atoms with E-state index in [1.54, 1.807) is 0 Å². The normalized spacial score (nSPS) is 19.9. The van der Waals surface area contributed by atoms with Gasteiger partial charge in [-0.05, 0) is 37.6 Å². The van der Waals surface area contributed by atoms with Gasteiger partial charge in [0.1, 0.15) is 0 Å². The van der Waals surface area contributed by atoms with Crippen LogP contribution in [0.5, 0.6) is 0 Å². The Morgan fingerprint density at radius 3 is 2.72 bits per heavy atom. The van der Waals surface area contributed by atoms with E-state index in [1.807, 2.05) is 37.3 Å². The van der Waals surface area contributed by atoms with Gasteiger partial charge in [0, 0.05) is 28.2 Å². The SMILES string of the molecule is Cc1cc(C)c(/C=C2/c3ccccc3NC2O)[nH]1. The van der Waals surface area contributed by atoms with E-state index in [1.165, 1.54) is 5.56 Å². The van der Waals surface area contributed by atoms with Gasteiger partial charge in [-0.3, -0.25) is 0 Å². The van der Waals surface area contributed by atoms with Crippen LogP contribution < -0.4 is 5.32 Å². The lowest BCUT2D eigenvalue weighted by Crippen LogP contribution is -2.12. The van der Waals surface area contributed by atoms with Crippen molar-refractivity contribution in [3.63, 3.8) is 0 Å². The van der Waals surface area contributed by atoms with Crippen LogP contribution in [-0.2, 0) is 0 Å². The number of rotatable bonds is 1. The molecule has 3 nitrogen and oxygen atoms in total. The first-order chi connectivity index (χ1) is 8.65. The number of hydrogen-bond donors (Lipinski definition) is 3. The molecule has 0 spiro atoms. The first-order valence-electron chi connectivity index (χ1n) is 6.07. The van der Waals surface area contributed by atoms with Crippen LogP contribution >= 0.6 is 0 Å². The van der Waals surface area contributed by atoms with Gasteiger partial charge < -0.3 is 15.4 Å². The molecule has 1 aliphatic rings. The molecule has 1 atom stereocenters. The summed E-state index contributed by atoms with van der Waals surface area (Å²) in [6.45, 7) is 4.10. The number of fused-ring (bicyclic) bond motifs is 1. The quantitative estimate of drug-likeness (QED) is 0.717. The average Bonchev–Trinajstić information content (AvgIpc) is 2.81. The summed E-state index contributed by atoms with van der Waals surface area (Å²) in [5.74, 6) is 0. The van der Waals surface area contributed by atoms with Gasteiger partial charge in [-0.25, -0.2) is 0 Å². The lowest BCUT2D eigenvalue weighted by Gasteiger charge is -2.05. The molecule has 0 saturated heterocycles. The summed E-state index contributed by atoms with van der Waals surface area (Å²) in [6.07, 6.45) is 1.39. The Morgan fingerprint density at radius 2 is 2.00 bits per heavy atom. The topological polar surface area (TPSA) is 48.0 Å². The maximum absolute atomic E-state index is 10.1. The Balaban J connectivity index is 2.09. The molecule has 0 radical (unpaired) electrons. The highest BCUT2D eigenvalue weighted by atomic mass is 16.3. The van der Waals surface area contributed by atoms with Gasteiger partial charge in [-0.1, -0.05) is 18.2 Å². The summed E-state index contributed by atoms with van der Waals surface area (Å²) in [4.78, 5) is 3.31. The maximum Gasteiger partial charge on any atom is 0.151 e. The molecule has 92 valence electrons. The van der Waals surface area contributed by atoms with Crippen molar-refractivity contribution in [3.8, 4) is 0 Å². The van der Waals surface area contributed by atoms with Gasteiger partial charge in [0.05, 0.1) is 0 Å². The molecule has 1 aromatic heterocycles. The van der Waals surface area contributed by atoms with Gasteiger partial charge >= 0.3 is 0 Å². The van der Waals surface area contributed by atoms with Crippen LogP contribution in [0.1, 0.15) is 22.5 Å². The van der Waals surface area contributed by atoms with E-state index in [0.717, 1.165) is 28.2 Å². The minimum absolute atomic E-state index is 0.634. The third kappa shape index (κ3) is 1.73. The third-order valence-corrected chi connectivity index (χ3v) is 3.31. The van der Waals surface area contributed by atoms with Crippen LogP contribution in [0.4, 0.5) is 5.69 Å². The second kappa shape index (κ2) is 4.03. The van der Waals surface area contributed by atoms with E-state index >= 15 is 0 Å². The van der Waals surface area contributed by atoms with Crippen LogP contribution in [0, 0.1) is 13.8 Å². The van der Waals surface area contributed by atoms with E-state index in [-0.39, 0.29) is 0 Å². The molecule has 2 heterocycles.